The Morgan fingerprint density at radius 2 is 0.915 bits per heavy atom. The molecule has 0 atom stereocenters. The summed E-state index contributed by atoms with van der Waals surface area (Å²) in [5, 5.41) is 6.15. The quantitative estimate of drug-likeness (QED) is 0.0766. The van der Waals surface area contributed by atoms with Gasteiger partial charge in [-0.05, 0) is 67.5 Å². The van der Waals surface area contributed by atoms with Crippen molar-refractivity contribution in [2.24, 2.45) is 14.1 Å². The van der Waals surface area contributed by atoms with E-state index in [1.165, 1.54) is 64.2 Å². The predicted molar refractivity (Wildman–Crippen MR) is 190 cm³/mol. The second kappa shape index (κ2) is 18.8. The molecule has 0 radical (unpaired) electrons. The third-order valence-electron chi connectivity index (χ3n) is 8.90. The van der Waals surface area contributed by atoms with E-state index in [2.05, 4.69) is 57.9 Å². The summed E-state index contributed by atoms with van der Waals surface area (Å²) < 4.78 is 7.90. The largest absolute Gasteiger partial charge is 0.348 e. The lowest BCUT2D eigenvalue weighted by Crippen LogP contribution is -2.37. The van der Waals surface area contributed by atoms with E-state index < -0.39 is 0 Å². The summed E-state index contributed by atoms with van der Waals surface area (Å²) in [6, 6.07) is 16.1. The van der Waals surface area contributed by atoms with Crippen molar-refractivity contribution >= 4 is 23.2 Å². The number of aryl methyl sites for hydroxylation is 4. The second-order valence-corrected chi connectivity index (χ2v) is 12.9. The molecule has 2 heterocycles. The van der Waals surface area contributed by atoms with Crippen LogP contribution >= 0.6 is 0 Å². The first-order valence-electron chi connectivity index (χ1n) is 17.8. The van der Waals surface area contributed by atoms with Gasteiger partial charge < -0.3 is 10.6 Å². The van der Waals surface area contributed by atoms with Crippen LogP contribution in [0.1, 0.15) is 123 Å². The molecule has 0 saturated carbocycles. The van der Waals surface area contributed by atoms with E-state index >= 15 is 0 Å². The molecule has 4 aromatic rings. The van der Waals surface area contributed by atoms with E-state index in [0.29, 0.717) is 11.6 Å². The Labute approximate surface area is 281 Å². The van der Waals surface area contributed by atoms with Crippen molar-refractivity contribution in [1.29, 1.82) is 0 Å². The molecule has 0 unspecified atom stereocenters. The molecule has 0 bridgehead atoms. The number of aromatic nitrogens is 4. The summed E-state index contributed by atoms with van der Waals surface area (Å²) in [5.74, 6) is 1.12. The fourth-order valence-electron chi connectivity index (χ4n) is 6.14. The average molecular weight is 641 g/mol. The number of nitrogens with zero attached hydrogens (tertiary/aromatic N) is 4. The van der Waals surface area contributed by atoms with Crippen molar-refractivity contribution < 1.29 is 18.7 Å². The topological polar surface area (TPSA) is 75.8 Å². The maximum absolute atomic E-state index is 13.2. The minimum absolute atomic E-state index is 0.0999. The standard InChI is InChI=1S/C39H54N6O2/c1-5-7-9-11-13-15-25-44-29-27-42(3)38(44)36(46)40-34-21-17-32(18-22-34)31-33-19-23-35(24-20-33)41-37(47)39-43(4)28-30-45(39)26-16-14-12-10-8-6-2/h17-24,27-30H,5-16,25-26,31H2,1-4H3/p+2. The van der Waals surface area contributed by atoms with E-state index in [1.807, 2.05) is 72.3 Å². The summed E-state index contributed by atoms with van der Waals surface area (Å²) in [7, 11) is 3.84. The van der Waals surface area contributed by atoms with Crippen molar-refractivity contribution in [3.05, 3.63) is 96.1 Å². The first-order chi connectivity index (χ1) is 22.9. The van der Waals surface area contributed by atoms with Crippen LogP contribution in [0.4, 0.5) is 11.4 Å². The molecular formula is C39H56N6O2+2. The number of unbranched alkanes of at least 4 members (excludes halogenated alkanes) is 10. The van der Waals surface area contributed by atoms with E-state index in [9.17, 15) is 9.59 Å². The highest BCUT2D eigenvalue weighted by atomic mass is 16.2. The Morgan fingerprint density at radius 3 is 1.30 bits per heavy atom. The first-order valence-corrected chi connectivity index (χ1v) is 17.8. The Kier molecular flexibility index (Phi) is 14.3. The summed E-state index contributed by atoms with van der Waals surface area (Å²) in [4.78, 5) is 26.4. The highest BCUT2D eigenvalue weighted by Gasteiger charge is 2.24. The molecule has 2 aromatic carbocycles. The van der Waals surface area contributed by atoms with Gasteiger partial charge in [0.15, 0.2) is 0 Å². The normalized spacial score (nSPS) is 11.1. The van der Waals surface area contributed by atoms with Crippen molar-refractivity contribution in [3.8, 4) is 0 Å². The van der Waals surface area contributed by atoms with Gasteiger partial charge in [0, 0.05) is 11.4 Å². The third-order valence-corrected chi connectivity index (χ3v) is 8.90. The fourth-order valence-corrected chi connectivity index (χ4v) is 6.14. The number of anilines is 2. The summed E-state index contributed by atoms with van der Waals surface area (Å²) in [5.41, 5.74) is 3.85. The number of carbonyl (C=O) groups is 2. The Morgan fingerprint density at radius 1 is 0.553 bits per heavy atom. The van der Waals surface area contributed by atoms with Crippen molar-refractivity contribution in [2.45, 2.75) is 110 Å². The molecular weight excluding hydrogens is 584 g/mol. The van der Waals surface area contributed by atoms with Crippen molar-refractivity contribution in [3.63, 3.8) is 0 Å². The van der Waals surface area contributed by atoms with Crippen LogP contribution in [0.25, 0.3) is 0 Å². The molecule has 0 aliphatic heterocycles. The van der Waals surface area contributed by atoms with Gasteiger partial charge in [0.25, 0.3) is 0 Å². The van der Waals surface area contributed by atoms with Crippen LogP contribution in [-0.2, 0) is 33.6 Å². The molecule has 0 saturated heterocycles. The third kappa shape index (κ3) is 10.9. The van der Waals surface area contributed by atoms with Crippen molar-refractivity contribution in [1.82, 2.24) is 9.13 Å². The lowest BCUT2D eigenvalue weighted by atomic mass is 10.0. The molecule has 8 heteroatoms. The number of nitrogens with one attached hydrogen (secondary N) is 2. The van der Waals surface area contributed by atoms with Gasteiger partial charge in [0.1, 0.15) is 24.8 Å². The Balaban J connectivity index is 1.26. The highest BCUT2D eigenvalue weighted by molar-refractivity contribution is 6.01. The monoisotopic (exact) mass is 640 g/mol. The number of hydrogen-bond acceptors (Lipinski definition) is 2. The number of rotatable bonds is 20. The number of imidazole rings is 2. The van der Waals surface area contributed by atoms with E-state index in [1.54, 1.807) is 0 Å². The van der Waals surface area contributed by atoms with Crippen LogP contribution in [0, 0.1) is 0 Å². The minimum atomic E-state index is -0.0999. The summed E-state index contributed by atoms with van der Waals surface area (Å²) in [6.07, 6.45) is 23.4. The number of hydrogen-bond donors (Lipinski definition) is 2. The Bertz CT molecular complexity index is 1420. The lowest BCUT2D eigenvalue weighted by Gasteiger charge is -2.08. The van der Waals surface area contributed by atoms with Gasteiger partial charge >= 0.3 is 23.5 Å². The number of carbonyl (C=O) groups excluding carboxylic acids is 2. The van der Waals surface area contributed by atoms with E-state index in [4.69, 9.17) is 0 Å². The van der Waals surface area contributed by atoms with Crippen LogP contribution < -0.4 is 19.8 Å². The first kappa shape index (κ1) is 35.7. The molecule has 252 valence electrons. The smallest absolute Gasteiger partial charge is 0.315 e. The average Bonchev–Trinajstić information content (AvgIpc) is 3.63. The predicted octanol–water partition coefficient (Wildman–Crippen LogP) is 7.76. The van der Waals surface area contributed by atoms with E-state index in [0.717, 1.165) is 54.9 Å². The zero-order valence-electron chi connectivity index (χ0n) is 29.1. The van der Waals surface area contributed by atoms with E-state index in [-0.39, 0.29) is 11.8 Å². The zero-order chi connectivity index (χ0) is 33.4. The molecule has 0 aliphatic carbocycles. The molecule has 8 nitrogen and oxygen atoms in total. The second-order valence-electron chi connectivity index (χ2n) is 12.9. The molecule has 0 fully saturated rings. The molecule has 2 N–H and O–H groups in total. The van der Waals surface area contributed by atoms with Gasteiger partial charge in [-0.15, -0.1) is 0 Å². The van der Waals surface area contributed by atoms with Gasteiger partial charge in [-0.3, -0.25) is 9.59 Å². The molecule has 0 aliphatic rings. The van der Waals surface area contributed by atoms with Crippen molar-refractivity contribution in [2.75, 3.05) is 10.6 Å². The number of benzene rings is 2. The molecule has 47 heavy (non-hydrogen) atoms. The van der Waals surface area contributed by atoms with Crippen LogP contribution in [0.15, 0.2) is 73.3 Å². The summed E-state index contributed by atoms with van der Waals surface area (Å²) >= 11 is 0. The molecule has 2 aromatic heterocycles. The van der Waals surface area contributed by atoms with Crippen LogP contribution in [-0.4, -0.2) is 20.9 Å². The van der Waals surface area contributed by atoms with Crippen LogP contribution in [0.5, 0.6) is 0 Å². The van der Waals surface area contributed by atoms with Gasteiger partial charge in [-0.25, -0.2) is 18.3 Å². The lowest BCUT2D eigenvalue weighted by molar-refractivity contribution is -0.673. The van der Waals surface area contributed by atoms with Gasteiger partial charge in [-0.1, -0.05) is 89.5 Å². The van der Waals surface area contributed by atoms with Gasteiger partial charge in [-0.2, -0.15) is 0 Å². The fraction of sp³-hybridized carbons (Fsp3) is 0.487. The minimum Gasteiger partial charge on any atom is -0.315 e. The van der Waals surface area contributed by atoms with Gasteiger partial charge in [0.2, 0.25) is 0 Å². The van der Waals surface area contributed by atoms with Gasteiger partial charge in [0.05, 0.1) is 27.2 Å². The SMILES string of the molecule is CCCCCCCCn1cc[n+](C)c1C(=O)Nc1ccc(Cc2ccc(NC(=O)c3n(CCCCCCCC)cc[n+]3C)cc2)cc1. The highest BCUT2D eigenvalue weighted by Crippen LogP contribution is 2.18. The maximum atomic E-state index is 13.2. The molecule has 2 amide bonds. The summed E-state index contributed by atoms with van der Waals surface area (Å²) in [6.45, 7) is 6.17. The Hall–Kier alpha value is -4.20. The van der Waals surface area contributed by atoms with Crippen LogP contribution in [0.3, 0.4) is 0 Å². The van der Waals surface area contributed by atoms with Crippen LogP contribution in [0.2, 0.25) is 0 Å². The zero-order valence-corrected chi connectivity index (χ0v) is 29.1. The number of amides is 2. The molecule has 4 rings (SSSR count). The maximum Gasteiger partial charge on any atom is 0.348 e. The molecule has 0 spiro atoms.